The zero-order valence-electron chi connectivity index (χ0n) is 60.0. The Kier molecular flexibility index (Phi) is 14.5. The second kappa shape index (κ2) is 16.6. The van der Waals surface area contributed by atoms with E-state index in [2.05, 4.69) is 321 Å². The Hall–Kier alpha value is 1.20. The summed E-state index contributed by atoms with van der Waals surface area (Å²) in [6.45, 7) is 109. The summed E-state index contributed by atoms with van der Waals surface area (Å²) in [5.41, 5.74) is 8.50. The molecule has 0 aliphatic heterocycles. The van der Waals surface area contributed by atoms with Gasteiger partial charge in [-0.3, -0.25) is 0 Å². The predicted molar refractivity (Wildman–Crippen MR) is 360 cm³/mol. The average molecular weight is 1290 g/mol. The summed E-state index contributed by atoms with van der Waals surface area (Å²) in [5.74, 6) is 3.41. The van der Waals surface area contributed by atoms with E-state index in [1.54, 1.807) is 5.57 Å². The van der Waals surface area contributed by atoms with Crippen molar-refractivity contribution in [3.63, 3.8) is 0 Å². The molecule has 10 unspecified atom stereocenters. The molecule has 2 heteroatoms. The third-order valence-corrected chi connectivity index (χ3v) is 37.6. The van der Waals surface area contributed by atoms with Crippen LogP contribution in [0.1, 0.15) is 310 Å². The molecule has 0 aromatic rings. The Morgan fingerprint density at radius 1 is 0.312 bits per heavy atom. The van der Waals surface area contributed by atoms with Gasteiger partial charge in [0.25, 0.3) is 0 Å². The molecule has 0 nitrogen and oxygen atoms in total. The molecule has 0 radical (unpaired) electrons. The van der Waals surface area contributed by atoms with Gasteiger partial charge in [-0.05, 0) is 181 Å². The maximum absolute atomic E-state index is 2.84. The van der Waals surface area contributed by atoms with E-state index in [9.17, 15) is 0 Å². The van der Waals surface area contributed by atoms with E-state index in [4.69, 9.17) is 0 Å². The maximum atomic E-state index is 2.84. The summed E-state index contributed by atoms with van der Waals surface area (Å²) in [6, 6.07) is 0. The molecule has 7 fully saturated rings. The lowest BCUT2D eigenvalue weighted by Crippen LogP contribution is -2.83. The molecule has 0 bridgehead atoms. The largest absolute Gasteiger partial charge is 0.0670 e. The van der Waals surface area contributed by atoms with Gasteiger partial charge in [0.2, 0.25) is 0 Å². The smallest absolute Gasteiger partial charge is 0.00103 e. The molecular weight excluding hydrogens is 1150 g/mol. The summed E-state index contributed by atoms with van der Waals surface area (Å²) >= 11 is 4.24. The molecule has 7 saturated carbocycles. The van der Waals surface area contributed by atoms with Crippen LogP contribution in [0.2, 0.25) is 0 Å². The predicted octanol–water partition coefficient (Wildman–Crippen LogP) is 25.3. The van der Waals surface area contributed by atoms with Crippen molar-refractivity contribution in [3.05, 3.63) is 11.1 Å². The van der Waals surface area contributed by atoms with Gasteiger partial charge in [0.05, 0.1) is 0 Å². The van der Waals surface area contributed by atoms with E-state index < -0.39 is 0 Å². The van der Waals surface area contributed by atoms with E-state index >= 15 is 0 Å². The minimum Gasteiger partial charge on any atom is -0.0670 e. The minimum absolute atomic E-state index is 0.0918. The number of rotatable bonds is 0. The van der Waals surface area contributed by atoms with Gasteiger partial charge in [-0.1, -0.05) is 288 Å². The lowest BCUT2D eigenvalue weighted by molar-refractivity contribution is -0.404. The number of halogens is 2. The summed E-state index contributed by atoms with van der Waals surface area (Å²) in [6.07, 6.45) is 5.39. The summed E-state index contributed by atoms with van der Waals surface area (Å²) < 4.78 is 0. The Morgan fingerprint density at radius 3 is 1.03 bits per heavy atom. The Balaban J connectivity index is 0.000000242. The summed E-state index contributed by atoms with van der Waals surface area (Å²) in [4.78, 5) is 0. The highest BCUT2D eigenvalue weighted by molar-refractivity contribution is 15.0. The van der Waals surface area contributed by atoms with Crippen molar-refractivity contribution in [2.75, 3.05) is 0 Å². The molecule has 77 heavy (non-hydrogen) atoms. The molecule has 8 aliphatic carbocycles. The molecule has 0 N–H and O–H groups in total. The Morgan fingerprint density at radius 2 is 0.649 bits per heavy atom. The number of hydrogen-bond donors (Lipinski definition) is 0. The van der Waals surface area contributed by atoms with Gasteiger partial charge in [0, 0.05) is 42.6 Å². The molecule has 11 atom stereocenters. The molecule has 0 spiro atoms. The fraction of sp³-hybridized carbons (Fsp3) is 0.973. The van der Waals surface area contributed by atoms with E-state index in [1.807, 2.05) is 5.57 Å². The Bertz CT molecular complexity index is 2420. The normalized spacial score (nSPS) is 47.0. The first-order chi connectivity index (χ1) is 33.2. The molecule has 0 aromatic carbocycles. The van der Waals surface area contributed by atoms with Crippen LogP contribution in [0.25, 0.3) is 0 Å². The lowest BCUT2D eigenvalue weighted by atomic mass is 9.16. The van der Waals surface area contributed by atoms with Crippen molar-refractivity contribution in [2.24, 2.45) is 154 Å². The van der Waals surface area contributed by atoms with Crippen LogP contribution in [0.3, 0.4) is 0 Å². The highest BCUT2D eigenvalue weighted by Crippen LogP contribution is 2.93. The molecule has 0 aromatic heterocycles. The monoisotopic (exact) mass is 1290 g/mol. The van der Waals surface area contributed by atoms with Crippen molar-refractivity contribution in [1.82, 2.24) is 0 Å². The van der Waals surface area contributed by atoms with Gasteiger partial charge in [0.15, 0.2) is 0 Å². The van der Waals surface area contributed by atoms with Crippen LogP contribution in [0.5, 0.6) is 0 Å². The molecule has 0 amide bonds. The van der Waals surface area contributed by atoms with Crippen LogP contribution in [0.15, 0.2) is 11.1 Å². The van der Waals surface area contributed by atoms with Gasteiger partial charge >= 0.3 is 0 Å². The molecule has 450 valence electrons. The van der Waals surface area contributed by atoms with Crippen LogP contribution in [0.4, 0.5) is 0 Å². The van der Waals surface area contributed by atoms with E-state index in [0.29, 0.717) is 50.2 Å². The Labute approximate surface area is 508 Å². The van der Waals surface area contributed by atoms with Crippen molar-refractivity contribution < 1.29 is 0 Å². The third-order valence-electron chi connectivity index (χ3n) is 37.6. The van der Waals surface area contributed by atoms with Crippen molar-refractivity contribution in [3.8, 4) is 0 Å². The zero-order valence-corrected chi connectivity index (χ0v) is 64.3. The van der Waals surface area contributed by atoms with Gasteiger partial charge < -0.3 is 0 Å². The van der Waals surface area contributed by atoms with Crippen molar-refractivity contribution >= 4 is 37.2 Å². The number of fused-ring (bicyclic) bond motifs is 10. The van der Waals surface area contributed by atoms with Gasteiger partial charge in [-0.25, -0.2) is 0 Å². The van der Waals surface area contributed by atoms with Crippen molar-refractivity contribution in [2.45, 2.75) is 310 Å². The second-order valence-corrected chi connectivity index (χ2v) is 41.0. The quantitative estimate of drug-likeness (QED) is 0.168. The van der Waals surface area contributed by atoms with Crippen LogP contribution >= 0.6 is 37.2 Å². The SMILES string of the molecule is CC1(C)CC2C3C(C)(C)C(C)(C)[C@H]4C(C)(C)C(C)(C)C(C)(C)C(C)(C)C4(C)C3(C)C(C)(C)CC2(C)C1(C)C.CC1=C2C(C)(C)C(C)(C)C(C)(C)C(C)(C)C2(C)C2(C)C(C3CC(C)(C)C(C)(C)C3(C)CC2(C)C)C1(C)C.II. The highest BCUT2D eigenvalue weighted by Gasteiger charge is 2.87. The first-order valence-corrected chi connectivity index (χ1v) is 38.4. The standard InChI is InChI=1S/C38H70.C37H66.I2/c1-27(2)22-24-25-29(5,6)30(7,8)26-31(9,10)33(13,14)34(15,16)35(17,18)38(26,21)37(25,20)28(3,4)23-36(24,19)32(27,11)12;1-23-25-30(8,9)32(12,13)33(14,15)34(16,17)37(25,20)36(19)26(29(23,6)7)24-21-27(2,3)31(10,11)35(24,18)22-28(36,4)5;1-2/h24-26H,22-23H2,1-21H3;24,26H,21-22H2,1-20H3;/t24?,25?,26-,36?,37?,38?;;/m0../s1. The van der Waals surface area contributed by atoms with Crippen LogP contribution < -0.4 is 0 Å². The summed E-state index contributed by atoms with van der Waals surface area (Å²) in [7, 11) is 0. The first-order valence-electron chi connectivity index (χ1n) is 32.1. The maximum Gasteiger partial charge on any atom is 0.00103 e. The van der Waals surface area contributed by atoms with E-state index in [0.717, 1.165) is 11.8 Å². The second-order valence-electron chi connectivity index (χ2n) is 41.0. The average Bonchev–Trinajstić information content (AvgIpc) is 3.44. The topological polar surface area (TPSA) is 0 Å². The summed E-state index contributed by atoms with van der Waals surface area (Å²) in [5, 5.41) is 0. The molecule has 8 aliphatic rings. The van der Waals surface area contributed by atoms with E-state index in [1.165, 1.54) is 25.7 Å². The van der Waals surface area contributed by atoms with Gasteiger partial charge in [-0.2, -0.15) is 0 Å². The fourth-order valence-electron chi connectivity index (χ4n) is 27.3. The van der Waals surface area contributed by atoms with Gasteiger partial charge in [-0.15, -0.1) is 0 Å². The molecule has 8 rings (SSSR count). The van der Waals surface area contributed by atoms with Crippen LogP contribution in [-0.2, 0) is 0 Å². The molecule has 0 heterocycles. The minimum atomic E-state index is 0.0918. The zero-order chi connectivity index (χ0) is 61.4. The lowest BCUT2D eigenvalue weighted by Gasteiger charge is -2.88. The number of allylic oxidation sites excluding steroid dienone is 2. The molecular formula is C75H136I2. The molecule has 0 saturated heterocycles. The number of hydrogen-bond acceptors (Lipinski definition) is 0. The third kappa shape index (κ3) is 6.45. The highest BCUT2D eigenvalue weighted by atomic mass is 128. The van der Waals surface area contributed by atoms with Crippen LogP contribution in [-0.4, -0.2) is 0 Å². The van der Waals surface area contributed by atoms with Crippen molar-refractivity contribution in [1.29, 1.82) is 0 Å². The van der Waals surface area contributed by atoms with E-state index in [-0.39, 0.29) is 92.1 Å². The fourth-order valence-corrected chi connectivity index (χ4v) is 27.3. The van der Waals surface area contributed by atoms with Crippen LogP contribution in [0, 0.1) is 154 Å². The first kappa shape index (κ1) is 67.3. The van der Waals surface area contributed by atoms with Gasteiger partial charge in [0.1, 0.15) is 0 Å².